The van der Waals surface area contributed by atoms with E-state index in [9.17, 15) is 0 Å². The Bertz CT molecular complexity index is 18.8. The topological polar surface area (TPSA) is 0 Å². The molecule has 0 aliphatic rings. The van der Waals surface area contributed by atoms with Crippen molar-refractivity contribution in [1.29, 1.82) is 0 Å². The van der Waals surface area contributed by atoms with Gasteiger partial charge in [0.2, 0.25) is 0 Å². The lowest BCUT2D eigenvalue weighted by atomic mass is 10.6. The Morgan fingerprint density at radius 1 is 1.25 bits per heavy atom. The van der Waals surface area contributed by atoms with E-state index in [-0.39, 0.29) is 1.43 Å². The van der Waals surface area contributed by atoms with Crippen molar-refractivity contribution in [2.75, 3.05) is 0 Å². The van der Waals surface area contributed by atoms with Gasteiger partial charge in [0, 0.05) is 1.43 Å². The summed E-state index contributed by atoms with van der Waals surface area (Å²) in [6.07, 6.45) is 4.00. The molecule has 0 aromatic carbocycles. The smallest absolute Gasteiger partial charge is 0 e. The fourth-order valence-corrected chi connectivity index (χ4v) is 0. The van der Waals surface area contributed by atoms with E-state index in [0.717, 1.165) is 0 Å². The van der Waals surface area contributed by atoms with Crippen LogP contribution in [0.25, 0.3) is 0 Å². The highest BCUT2D eigenvalue weighted by atomic mass is 13.4. The second-order valence-electron chi connectivity index (χ2n) is 0.667. The Labute approximate surface area is 28.6 Å². The Balaban J connectivity index is 0. The average Bonchev–Trinajstić information content (AvgIpc) is 1.37. The maximum atomic E-state index is 2.00. The van der Waals surface area contributed by atoms with E-state index in [1.807, 2.05) is 26.0 Å². The summed E-state index contributed by atoms with van der Waals surface area (Å²) in [5.74, 6) is 0. The van der Waals surface area contributed by atoms with E-state index >= 15 is 0 Å². The molecule has 0 atom stereocenters. The molecule has 0 saturated heterocycles. The van der Waals surface area contributed by atoms with Crippen LogP contribution in [-0.4, -0.2) is 0 Å². The molecule has 0 aliphatic heterocycles. The third-order valence-electron chi connectivity index (χ3n) is 0.333. The molecular weight excluding hydrogens is 48.0 g/mol. The van der Waals surface area contributed by atoms with Gasteiger partial charge in [0.15, 0.2) is 0 Å². The van der Waals surface area contributed by atoms with Crippen LogP contribution in [0.15, 0.2) is 12.2 Å². The van der Waals surface area contributed by atoms with Crippen LogP contribution in [0.5, 0.6) is 0 Å². The zero-order valence-electron chi connectivity index (χ0n) is 3.15. The standard InChI is InChI=1S/C4H8.H2/c1-3-4-2;/h3-4H,1-2H3;1H/b4-3-;/i;1+2. The van der Waals surface area contributed by atoms with E-state index in [2.05, 4.69) is 0 Å². The van der Waals surface area contributed by atoms with Crippen LogP contribution in [0.2, 0.25) is 0 Å². The van der Waals surface area contributed by atoms with E-state index in [1.54, 1.807) is 0 Å². The van der Waals surface area contributed by atoms with Crippen LogP contribution >= 0.6 is 0 Å². The normalized spacial score (nSPS) is 9.50. The van der Waals surface area contributed by atoms with Crippen LogP contribution in [0.4, 0.5) is 0 Å². The lowest BCUT2D eigenvalue weighted by Gasteiger charge is -1.49. The molecule has 0 aliphatic carbocycles. The van der Waals surface area contributed by atoms with Gasteiger partial charge >= 0.3 is 0 Å². The molecule has 0 fully saturated rings. The molecule has 0 spiro atoms. The zero-order valence-corrected chi connectivity index (χ0v) is 3.15. The third kappa shape index (κ3) is 1.74. The molecule has 0 saturated carbocycles. The van der Waals surface area contributed by atoms with Crippen molar-refractivity contribution in [3.8, 4) is 0 Å². The minimum atomic E-state index is 0. The second-order valence-corrected chi connectivity index (χ2v) is 0.667. The van der Waals surface area contributed by atoms with Gasteiger partial charge in [-0.3, -0.25) is 0 Å². The summed E-state index contributed by atoms with van der Waals surface area (Å²) in [7, 11) is 0. The maximum absolute atomic E-state index is 2.00. The van der Waals surface area contributed by atoms with E-state index in [1.165, 1.54) is 0 Å². The first-order valence-electron chi connectivity index (χ1n) is 1.49. The molecule has 0 bridgehead atoms. The van der Waals surface area contributed by atoms with Gasteiger partial charge in [0.25, 0.3) is 0 Å². The molecule has 26 valence electrons. The molecule has 0 aromatic heterocycles. The number of hydrogen-bond donors (Lipinski definition) is 0. The summed E-state index contributed by atoms with van der Waals surface area (Å²) in [5.41, 5.74) is 0. The van der Waals surface area contributed by atoms with E-state index in [4.69, 9.17) is 0 Å². The molecule has 0 unspecified atom stereocenters. The van der Waals surface area contributed by atoms with Gasteiger partial charge in [-0.15, -0.1) is 0 Å². The minimum Gasteiger partial charge on any atom is -0.0919 e. The molecule has 0 heteroatoms. The molecule has 0 radical (unpaired) electrons. The lowest BCUT2D eigenvalue weighted by molar-refractivity contribution is 1.64. The summed E-state index contributed by atoms with van der Waals surface area (Å²) < 4.78 is 0. The summed E-state index contributed by atoms with van der Waals surface area (Å²) in [6, 6.07) is 0. The average molecular weight is 60.1 g/mol. The van der Waals surface area contributed by atoms with E-state index in [0.29, 0.717) is 0 Å². The van der Waals surface area contributed by atoms with Crippen LogP contribution in [-0.2, 0) is 0 Å². The van der Waals surface area contributed by atoms with Gasteiger partial charge in [0.05, 0.1) is 0 Å². The van der Waals surface area contributed by atoms with Gasteiger partial charge in [0.1, 0.15) is 0 Å². The predicted molar refractivity (Wildman–Crippen MR) is 22.6 cm³/mol. The van der Waals surface area contributed by atoms with Crippen molar-refractivity contribution >= 4 is 0 Å². The van der Waals surface area contributed by atoms with Crippen molar-refractivity contribution in [2.45, 2.75) is 13.8 Å². The van der Waals surface area contributed by atoms with Crippen LogP contribution in [0, 0.1) is 0 Å². The summed E-state index contributed by atoms with van der Waals surface area (Å²) in [5, 5.41) is 0. The molecule has 0 amide bonds. The first-order chi connectivity index (χ1) is 1.91. The monoisotopic (exact) mass is 60.1 g/mol. The maximum Gasteiger partial charge on any atom is 0 e. The quantitative estimate of drug-likeness (QED) is 0.374. The summed E-state index contributed by atoms with van der Waals surface area (Å²) in [6.45, 7) is 4.00. The van der Waals surface area contributed by atoms with Gasteiger partial charge in [-0.25, -0.2) is 0 Å². The van der Waals surface area contributed by atoms with E-state index < -0.39 is 0 Å². The summed E-state index contributed by atoms with van der Waals surface area (Å²) in [4.78, 5) is 0. The molecule has 4 heavy (non-hydrogen) atoms. The minimum absolute atomic E-state index is 0. The van der Waals surface area contributed by atoms with Crippen molar-refractivity contribution in [3.63, 3.8) is 0 Å². The van der Waals surface area contributed by atoms with Crippen molar-refractivity contribution in [1.82, 2.24) is 0 Å². The fourth-order valence-electron chi connectivity index (χ4n) is 0. The molecule has 0 aromatic rings. The van der Waals surface area contributed by atoms with Gasteiger partial charge in [-0.05, 0) is 13.8 Å². The SMILES string of the molecule is C/C=C\C.[3HH]. The highest BCUT2D eigenvalue weighted by molar-refractivity contribution is 4.68. The molecule has 0 rings (SSSR count). The van der Waals surface area contributed by atoms with Crippen molar-refractivity contribution < 1.29 is 1.43 Å². The largest absolute Gasteiger partial charge is 0.0919 e. The zero-order chi connectivity index (χ0) is 3.41. The lowest BCUT2D eigenvalue weighted by Crippen LogP contribution is -1.26. The van der Waals surface area contributed by atoms with Crippen LogP contribution in [0.3, 0.4) is 0 Å². The summed E-state index contributed by atoms with van der Waals surface area (Å²) >= 11 is 0. The molecule has 0 N–H and O–H groups in total. The second kappa shape index (κ2) is 2.74. The molecular formula is C4H10. The Kier molecular flexibility index (Phi) is 2.56. The van der Waals surface area contributed by atoms with Crippen molar-refractivity contribution in [3.05, 3.63) is 12.2 Å². The van der Waals surface area contributed by atoms with Crippen LogP contribution < -0.4 is 0 Å². The Morgan fingerprint density at radius 2 is 1.50 bits per heavy atom. The number of allylic oxidation sites excluding steroid dienone is 2. The van der Waals surface area contributed by atoms with Gasteiger partial charge in [-0.1, -0.05) is 12.2 Å². The highest BCUT2D eigenvalue weighted by Gasteiger charge is 1.34. The first-order valence-corrected chi connectivity index (χ1v) is 1.49. The van der Waals surface area contributed by atoms with Gasteiger partial charge in [-0.2, -0.15) is 0 Å². The Hall–Kier alpha value is -0.260. The van der Waals surface area contributed by atoms with Gasteiger partial charge < -0.3 is 0 Å². The van der Waals surface area contributed by atoms with Crippen molar-refractivity contribution in [2.24, 2.45) is 0 Å². The highest BCUT2D eigenvalue weighted by Crippen LogP contribution is 1.57. The molecule has 0 heterocycles. The Morgan fingerprint density at radius 3 is 1.50 bits per heavy atom. The predicted octanol–water partition coefficient (Wildman–Crippen LogP) is 1.83. The first kappa shape index (κ1) is 3.74. The number of rotatable bonds is 0. The molecule has 0 nitrogen and oxygen atoms in total. The van der Waals surface area contributed by atoms with Crippen LogP contribution in [0.1, 0.15) is 15.3 Å². The number of hydrogen-bond acceptors (Lipinski definition) is 0. The fraction of sp³-hybridized carbons (Fsp3) is 0.500. The third-order valence-corrected chi connectivity index (χ3v) is 0.333.